The normalized spacial score (nSPS) is 10.9. The fourth-order valence-corrected chi connectivity index (χ4v) is 4.15. The SMILES string of the molecule is CCN(CC)CCn1cnc2c1c(=O)n(CCCOC(=O)c1cc(OC)c(OC)c(OC)c1)c(=O)n2C.Cl. The summed E-state index contributed by atoms with van der Waals surface area (Å²) in [5, 5.41) is 0. The molecule has 210 valence electrons. The number of benzene rings is 1. The molecule has 0 aliphatic rings. The Balaban J connectivity index is 0.00000507. The molecule has 3 rings (SSSR count). The van der Waals surface area contributed by atoms with E-state index in [1.165, 1.54) is 38.0 Å². The molecule has 0 N–H and O–H groups in total. The first kappa shape index (κ1) is 30.7. The lowest BCUT2D eigenvalue weighted by atomic mass is 10.2. The first-order valence-electron chi connectivity index (χ1n) is 12.1. The lowest BCUT2D eigenvalue weighted by Crippen LogP contribution is -2.40. The molecule has 2 heterocycles. The molecule has 0 saturated carbocycles. The third-order valence-electron chi connectivity index (χ3n) is 6.31. The van der Waals surface area contributed by atoms with Gasteiger partial charge < -0.3 is 28.4 Å². The van der Waals surface area contributed by atoms with E-state index in [1.807, 2.05) is 0 Å². The van der Waals surface area contributed by atoms with Crippen molar-refractivity contribution in [2.45, 2.75) is 33.4 Å². The lowest BCUT2D eigenvalue weighted by Gasteiger charge is -2.18. The van der Waals surface area contributed by atoms with Gasteiger partial charge in [-0.05, 0) is 31.6 Å². The highest BCUT2D eigenvalue weighted by molar-refractivity contribution is 5.91. The van der Waals surface area contributed by atoms with Crippen molar-refractivity contribution in [1.29, 1.82) is 0 Å². The number of likely N-dealkylation sites (N-methyl/N-ethyl adjacent to an activating group) is 1. The fraction of sp³-hybridized carbons (Fsp3) is 0.520. The molecule has 0 aliphatic carbocycles. The van der Waals surface area contributed by atoms with Gasteiger partial charge in [0.25, 0.3) is 5.56 Å². The molecule has 0 radical (unpaired) electrons. The predicted octanol–water partition coefficient (Wildman–Crippen LogP) is 1.93. The molecule has 0 fully saturated rings. The van der Waals surface area contributed by atoms with Crippen LogP contribution in [0.1, 0.15) is 30.6 Å². The van der Waals surface area contributed by atoms with Crippen LogP contribution in [0.4, 0.5) is 0 Å². The fourth-order valence-electron chi connectivity index (χ4n) is 4.15. The largest absolute Gasteiger partial charge is 0.493 e. The summed E-state index contributed by atoms with van der Waals surface area (Å²) in [4.78, 5) is 45.3. The smallest absolute Gasteiger partial charge is 0.338 e. The van der Waals surface area contributed by atoms with Gasteiger partial charge in [0.1, 0.15) is 0 Å². The first-order chi connectivity index (χ1) is 17.8. The van der Waals surface area contributed by atoms with Gasteiger partial charge in [-0.25, -0.2) is 14.6 Å². The van der Waals surface area contributed by atoms with E-state index in [-0.39, 0.29) is 37.5 Å². The molecule has 3 aromatic rings. The van der Waals surface area contributed by atoms with Gasteiger partial charge in [-0.15, -0.1) is 12.4 Å². The molecule has 0 atom stereocenters. The average Bonchev–Trinajstić information content (AvgIpc) is 3.35. The van der Waals surface area contributed by atoms with Gasteiger partial charge in [-0.1, -0.05) is 13.8 Å². The van der Waals surface area contributed by atoms with Crippen LogP contribution >= 0.6 is 12.4 Å². The van der Waals surface area contributed by atoms with E-state index < -0.39 is 17.2 Å². The second kappa shape index (κ2) is 13.9. The quantitative estimate of drug-likeness (QED) is 0.231. The Morgan fingerprint density at radius 1 is 1.00 bits per heavy atom. The van der Waals surface area contributed by atoms with Gasteiger partial charge >= 0.3 is 11.7 Å². The van der Waals surface area contributed by atoms with Gasteiger partial charge in [-0.3, -0.25) is 13.9 Å². The van der Waals surface area contributed by atoms with Crippen LogP contribution in [0.25, 0.3) is 11.2 Å². The van der Waals surface area contributed by atoms with Crippen molar-refractivity contribution in [3.05, 3.63) is 44.9 Å². The van der Waals surface area contributed by atoms with E-state index in [4.69, 9.17) is 18.9 Å². The number of ether oxygens (including phenoxy) is 4. The van der Waals surface area contributed by atoms with Crippen molar-refractivity contribution < 1.29 is 23.7 Å². The molecule has 2 aromatic heterocycles. The van der Waals surface area contributed by atoms with Gasteiger partial charge in [0, 0.05) is 26.7 Å². The number of aryl methyl sites for hydroxylation is 1. The molecule has 0 unspecified atom stereocenters. The molecule has 0 bridgehead atoms. The zero-order valence-corrected chi connectivity index (χ0v) is 23.5. The molecule has 0 amide bonds. The Kier molecular flexibility index (Phi) is 11.2. The Hall–Kier alpha value is -3.51. The summed E-state index contributed by atoms with van der Waals surface area (Å²) in [6.45, 7) is 7.41. The van der Waals surface area contributed by atoms with Gasteiger partial charge in [0.15, 0.2) is 22.7 Å². The van der Waals surface area contributed by atoms with Crippen LogP contribution in [-0.2, 0) is 24.9 Å². The van der Waals surface area contributed by atoms with Gasteiger partial charge in [-0.2, -0.15) is 0 Å². The molecule has 0 spiro atoms. The Morgan fingerprint density at radius 2 is 1.63 bits per heavy atom. The molecular formula is C25H36ClN5O7. The summed E-state index contributed by atoms with van der Waals surface area (Å²) in [5.41, 5.74) is 0.0675. The third-order valence-corrected chi connectivity index (χ3v) is 6.31. The maximum Gasteiger partial charge on any atom is 0.338 e. The zero-order chi connectivity index (χ0) is 27.1. The minimum absolute atomic E-state index is 0. The van der Waals surface area contributed by atoms with E-state index in [9.17, 15) is 14.4 Å². The van der Waals surface area contributed by atoms with Gasteiger partial charge in [0.2, 0.25) is 5.75 Å². The van der Waals surface area contributed by atoms with Crippen LogP contribution in [-0.4, -0.2) is 77.1 Å². The maximum absolute atomic E-state index is 13.2. The predicted molar refractivity (Wildman–Crippen MR) is 145 cm³/mol. The second-order valence-corrected chi connectivity index (χ2v) is 8.34. The van der Waals surface area contributed by atoms with Crippen molar-refractivity contribution in [2.24, 2.45) is 7.05 Å². The van der Waals surface area contributed by atoms with Crippen molar-refractivity contribution in [3.8, 4) is 17.2 Å². The summed E-state index contributed by atoms with van der Waals surface area (Å²) < 4.78 is 25.5. The number of carbonyl (C=O) groups excluding carboxylic acids is 1. The summed E-state index contributed by atoms with van der Waals surface area (Å²) >= 11 is 0. The van der Waals surface area contributed by atoms with Crippen LogP contribution in [0.15, 0.2) is 28.0 Å². The van der Waals surface area contributed by atoms with Crippen molar-refractivity contribution in [1.82, 2.24) is 23.6 Å². The van der Waals surface area contributed by atoms with Crippen LogP contribution in [0.2, 0.25) is 0 Å². The monoisotopic (exact) mass is 553 g/mol. The first-order valence-corrected chi connectivity index (χ1v) is 12.1. The van der Waals surface area contributed by atoms with Crippen molar-refractivity contribution in [3.63, 3.8) is 0 Å². The number of halogens is 1. The zero-order valence-electron chi connectivity index (χ0n) is 22.7. The number of hydrogen-bond donors (Lipinski definition) is 0. The Morgan fingerprint density at radius 3 is 2.18 bits per heavy atom. The Labute approximate surface area is 227 Å². The highest BCUT2D eigenvalue weighted by Gasteiger charge is 2.19. The van der Waals surface area contributed by atoms with Crippen molar-refractivity contribution >= 4 is 29.5 Å². The number of fused-ring (bicyclic) bond motifs is 1. The number of imidazole rings is 1. The van der Waals surface area contributed by atoms with Crippen LogP contribution in [0.5, 0.6) is 17.2 Å². The van der Waals surface area contributed by atoms with E-state index in [0.717, 1.165) is 24.2 Å². The average molecular weight is 554 g/mol. The lowest BCUT2D eigenvalue weighted by molar-refractivity contribution is 0.0494. The number of esters is 1. The maximum atomic E-state index is 13.2. The van der Waals surface area contributed by atoms with E-state index in [1.54, 1.807) is 17.9 Å². The van der Waals surface area contributed by atoms with Crippen LogP contribution in [0, 0.1) is 0 Å². The number of nitrogens with zero attached hydrogens (tertiary/aromatic N) is 5. The standard InChI is InChI=1S/C25H35N5O7.ClH/c1-7-28(8-2)11-12-29-16-26-22-20(29)23(31)30(25(33)27(22)3)10-9-13-37-24(32)17-14-18(34-4)21(36-6)19(15-17)35-5;/h14-16H,7-13H2,1-6H3;1H. The van der Waals surface area contributed by atoms with Crippen LogP contribution in [0.3, 0.4) is 0 Å². The molecule has 0 aliphatic heterocycles. The minimum Gasteiger partial charge on any atom is -0.493 e. The number of rotatable bonds is 13. The van der Waals surface area contributed by atoms with E-state index in [0.29, 0.717) is 35.0 Å². The number of methoxy groups -OCH3 is 3. The Bertz CT molecular complexity index is 1340. The molecular weight excluding hydrogens is 518 g/mol. The topological polar surface area (TPSA) is 119 Å². The third kappa shape index (κ3) is 6.30. The molecule has 12 nitrogen and oxygen atoms in total. The second-order valence-electron chi connectivity index (χ2n) is 8.34. The highest BCUT2D eigenvalue weighted by atomic mass is 35.5. The van der Waals surface area contributed by atoms with E-state index in [2.05, 4.69) is 23.7 Å². The summed E-state index contributed by atoms with van der Waals surface area (Å²) in [7, 11) is 5.97. The minimum atomic E-state index is -0.593. The highest BCUT2D eigenvalue weighted by Crippen LogP contribution is 2.38. The van der Waals surface area contributed by atoms with Gasteiger partial charge in [0.05, 0.1) is 39.8 Å². The molecule has 38 heavy (non-hydrogen) atoms. The van der Waals surface area contributed by atoms with E-state index >= 15 is 0 Å². The summed E-state index contributed by atoms with van der Waals surface area (Å²) in [6, 6.07) is 2.99. The molecule has 0 saturated heterocycles. The molecule has 13 heteroatoms. The summed E-state index contributed by atoms with van der Waals surface area (Å²) in [5.74, 6) is 0.428. The number of carbonyl (C=O) groups is 1. The number of hydrogen-bond acceptors (Lipinski definition) is 9. The number of aromatic nitrogens is 4. The molecule has 1 aromatic carbocycles. The van der Waals surface area contributed by atoms with Crippen LogP contribution < -0.4 is 25.5 Å². The van der Waals surface area contributed by atoms with Crippen molar-refractivity contribution in [2.75, 3.05) is 47.6 Å². The summed E-state index contributed by atoms with van der Waals surface area (Å²) in [6.07, 6.45) is 1.86.